The Morgan fingerprint density at radius 2 is 1.71 bits per heavy atom. The quantitative estimate of drug-likeness (QED) is 0.791. The average Bonchev–Trinajstić information content (AvgIpc) is 2.32. The second-order valence-corrected chi connectivity index (χ2v) is 3.86. The Morgan fingerprint density at radius 1 is 1.12 bits per heavy atom. The fraction of sp³-hybridized carbons (Fsp3) is 0.538. The maximum Gasteiger partial charge on any atom is 0.250 e. The minimum atomic E-state index is -2.29. The first-order chi connectivity index (χ1) is 8.17. The molecule has 4 heteroatoms. The van der Waals surface area contributed by atoms with Crippen molar-refractivity contribution in [2.24, 2.45) is 0 Å². The lowest BCUT2D eigenvalue weighted by Gasteiger charge is -2.21. The van der Waals surface area contributed by atoms with Crippen LogP contribution >= 0.6 is 0 Å². The highest BCUT2D eigenvalue weighted by Crippen LogP contribution is 2.14. The lowest BCUT2D eigenvalue weighted by atomic mass is 10.2. The summed E-state index contributed by atoms with van der Waals surface area (Å²) < 4.78 is 23.9. The number of alkyl halides is 2. The molecule has 0 aliphatic carbocycles. The molecule has 0 fully saturated rings. The number of nitrogens with zero attached hydrogens (tertiary/aromatic N) is 1. The molecule has 1 N–H and O–H groups in total. The summed E-state index contributed by atoms with van der Waals surface area (Å²) in [6.45, 7) is 6.41. The molecule has 96 valence electrons. The Balaban J connectivity index is 2.49. The van der Waals surface area contributed by atoms with Crippen LogP contribution in [0.5, 0.6) is 0 Å². The predicted molar refractivity (Wildman–Crippen MR) is 67.7 cm³/mol. The van der Waals surface area contributed by atoms with Crippen LogP contribution in [0.2, 0.25) is 0 Å². The van der Waals surface area contributed by atoms with Gasteiger partial charge in [-0.1, -0.05) is 12.1 Å². The van der Waals surface area contributed by atoms with E-state index >= 15 is 0 Å². The van der Waals surface area contributed by atoms with E-state index in [4.69, 9.17) is 0 Å². The molecule has 0 heterocycles. The summed E-state index contributed by atoms with van der Waals surface area (Å²) in [7, 11) is 0. The van der Waals surface area contributed by atoms with Crippen molar-refractivity contribution in [2.75, 3.05) is 24.5 Å². The van der Waals surface area contributed by atoms with Crippen LogP contribution in [-0.4, -0.2) is 26.1 Å². The number of anilines is 1. The van der Waals surface area contributed by atoms with Crippen LogP contribution in [0.15, 0.2) is 24.3 Å². The predicted octanol–water partition coefficient (Wildman–Crippen LogP) is 2.89. The summed E-state index contributed by atoms with van der Waals surface area (Å²) in [5, 5.41) is 2.71. The molecule has 0 aromatic heterocycles. The zero-order valence-electron chi connectivity index (χ0n) is 10.4. The van der Waals surface area contributed by atoms with E-state index in [9.17, 15) is 8.78 Å². The van der Waals surface area contributed by atoms with Gasteiger partial charge in [0.2, 0.25) is 0 Å². The third-order valence-electron chi connectivity index (χ3n) is 2.69. The SMILES string of the molecule is CCN(CC)c1ccc(CNCC(F)F)cc1. The average molecular weight is 242 g/mol. The molecular weight excluding hydrogens is 222 g/mol. The van der Waals surface area contributed by atoms with E-state index in [1.807, 2.05) is 24.3 Å². The second kappa shape index (κ2) is 7.22. The molecule has 0 aliphatic rings. The van der Waals surface area contributed by atoms with Crippen LogP contribution in [0, 0.1) is 0 Å². The van der Waals surface area contributed by atoms with Crippen molar-refractivity contribution in [1.29, 1.82) is 0 Å². The maximum absolute atomic E-state index is 11.9. The Hall–Kier alpha value is -1.16. The normalized spacial score (nSPS) is 10.9. The van der Waals surface area contributed by atoms with Gasteiger partial charge in [-0.25, -0.2) is 8.78 Å². The zero-order valence-corrected chi connectivity index (χ0v) is 10.4. The first-order valence-electron chi connectivity index (χ1n) is 6.00. The van der Waals surface area contributed by atoms with Gasteiger partial charge in [-0.2, -0.15) is 0 Å². The standard InChI is InChI=1S/C13H20F2N2/c1-3-17(4-2)12-7-5-11(6-8-12)9-16-10-13(14)15/h5-8,13,16H,3-4,9-10H2,1-2H3. The van der Waals surface area contributed by atoms with Crippen molar-refractivity contribution >= 4 is 5.69 Å². The Morgan fingerprint density at radius 3 is 2.18 bits per heavy atom. The molecule has 1 aromatic rings. The first kappa shape index (κ1) is 13.9. The lowest BCUT2D eigenvalue weighted by Crippen LogP contribution is -2.22. The number of nitrogens with one attached hydrogen (secondary N) is 1. The third-order valence-corrected chi connectivity index (χ3v) is 2.69. The van der Waals surface area contributed by atoms with Gasteiger partial charge in [0, 0.05) is 25.3 Å². The molecule has 0 aliphatic heterocycles. The largest absolute Gasteiger partial charge is 0.372 e. The van der Waals surface area contributed by atoms with Crippen LogP contribution in [0.4, 0.5) is 14.5 Å². The molecule has 0 atom stereocenters. The minimum Gasteiger partial charge on any atom is -0.372 e. The molecule has 0 amide bonds. The van der Waals surface area contributed by atoms with Crippen LogP contribution in [-0.2, 0) is 6.54 Å². The van der Waals surface area contributed by atoms with Gasteiger partial charge in [0.1, 0.15) is 0 Å². The van der Waals surface area contributed by atoms with Crippen LogP contribution in [0.1, 0.15) is 19.4 Å². The molecule has 17 heavy (non-hydrogen) atoms. The van der Waals surface area contributed by atoms with E-state index in [0.717, 1.165) is 18.7 Å². The summed E-state index contributed by atoms with van der Waals surface area (Å²) in [6.07, 6.45) is -2.29. The Kier molecular flexibility index (Phi) is 5.91. The highest BCUT2D eigenvalue weighted by molar-refractivity contribution is 5.47. The van der Waals surface area contributed by atoms with E-state index in [1.54, 1.807) is 0 Å². The zero-order chi connectivity index (χ0) is 12.7. The van der Waals surface area contributed by atoms with E-state index in [-0.39, 0.29) is 6.54 Å². The molecule has 0 spiro atoms. The highest BCUT2D eigenvalue weighted by Gasteiger charge is 2.03. The van der Waals surface area contributed by atoms with Gasteiger partial charge in [-0.05, 0) is 31.5 Å². The van der Waals surface area contributed by atoms with Crippen LogP contribution in [0.3, 0.4) is 0 Å². The van der Waals surface area contributed by atoms with E-state index in [1.165, 1.54) is 5.69 Å². The molecule has 0 unspecified atom stereocenters. The number of hydrogen-bond acceptors (Lipinski definition) is 2. The molecule has 0 saturated heterocycles. The molecule has 2 nitrogen and oxygen atoms in total. The number of halogens is 2. The minimum absolute atomic E-state index is 0.252. The second-order valence-electron chi connectivity index (χ2n) is 3.86. The van der Waals surface area contributed by atoms with Gasteiger partial charge in [0.05, 0.1) is 6.54 Å². The summed E-state index contributed by atoms with van der Waals surface area (Å²) in [5.41, 5.74) is 2.20. The van der Waals surface area contributed by atoms with Gasteiger partial charge in [0.15, 0.2) is 0 Å². The topological polar surface area (TPSA) is 15.3 Å². The molecule has 0 radical (unpaired) electrons. The van der Waals surface area contributed by atoms with E-state index in [2.05, 4.69) is 24.1 Å². The molecule has 1 rings (SSSR count). The van der Waals surface area contributed by atoms with E-state index < -0.39 is 6.43 Å². The Labute approximate surface area is 102 Å². The molecule has 0 saturated carbocycles. The summed E-state index contributed by atoms with van der Waals surface area (Å²) in [5.74, 6) is 0. The molecular formula is C13H20F2N2. The van der Waals surface area contributed by atoms with Crippen molar-refractivity contribution in [3.05, 3.63) is 29.8 Å². The summed E-state index contributed by atoms with van der Waals surface area (Å²) in [4.78, 5) is 2.25. The maximum atomic E-state index is 11.9. The van der Waals surface area contributed by atoms with Crippen molar-refractivity contribution in [3.8, 4) is 0 Å². The third kappa shape index (κ3) is 4.69. The number of rotatable bonds is 7. The Bertz CT molecular complexity index is 308. The van der Waals surface area contributed by atoms with Crippen LogP contribution < -0.4 is 10.2 Å². The first-order valence-corrected chi connectivity index (χ1v) is 6.00. The van der Waals surface area contributed by atoms with Gasteiger partial charge in [-0.15, -0.1) is 0 Å². The fourth-order valence-electron chi connectivity index (χ4n) is 1.74. The van der Waals surface area contributed by atoms with Crippen LogP contribution in [0.25, 0.3) is 0 Å². The van der Waals surface area contributed by atoms with Crippen molar-refractivity contribution < 1.29 is 8.78 Å². The number of benzene rings is 1. The smallest absolute Gasteiger partial charge is 0.250 e. The summed E-state index contributed by atoms with van der Waals surface area (Å²) >= 11 is 0. The lowest BCUT2D eigenvalue weighted by molar-refractivity contribution is 0.145. The number of hydrogen-bond donors (Lipinski definition) is 1. The van der Waals surface area contributed by atoms with Crippen molar-refractivity contribution in [3.63, 3.8) is 0 Å². The van der Waals surface area contributed by atoms with E-state index in [0.29, 0.717) is 6.54 Å². The highest BCUT2D eigenvalue weighted by atomic mass is 19.3. The molecule has 0 bridgehead atoms. The van der Waals surface area contributed by atoms with Gasteiger partial charge < -0.3 is 10.2 Å². The van der Waals surface area contributed by atoms with Gasteiger partial charge in [-0.3, -0.25) is 0 Å². The van der Waals surface area contributed by atoms with Crippen molar-refractivity contribution in [2.45, 2.75) is 26.8 Å². The summed E-state index contributed by atoms with van der Waals surface area (Å²) in [6, 6.07) is 8.02. The van der Waals surface area contributed by atoms with Gasteiger partial charge >= 0.3 is 0 Å². The van der Waals surface area contributed by atoms with Crippen molar-refractivity contribution in [1.82, 2.24) is 5.32 Å². The molecule has 1 aromatic carbocycles. The van der Waals surface area contributed by atoms with Gasteiger partial charge in [0.25, 0.3) is 6.43 Å². The monoisotopic (exact) mass is 242 g/mol. The fourth-order valence-corrected chi connectivity index (χ4v) is 1.74.